The zero-order valence-corrected chi connectivity index (χ0v) is 24.0. The van der Waals surface area contributed by atoms with Crippen molar-refractivity contribution in [1.29, 1.82) is 0 Å². The molecular formula is C37H23BrN4. The van der Waals surface area contributed by atoms with E-state index in [1.807, 2.05) is 30.3 Å². The molecule has 0 atom stereocenters. The largest absolute Gasteiger partial charge is 0.278 e. The van der Waals surface area contributed by atoms with Crippen molar-refractivity contribution in [2.75, 3.05) is 0 Å². The molecule has 0 bridgehead atoms. The number of hydrogen-bond donors (Lipinski definition) is 0. The molecule has 42 heavy (non-hydrogen) atoms. The quantitative estimate of drug-likeness (QED) is 0.201. The first-order valence-corrected chi connectivity index (χ1v) is 14.6. The van der Waals surface area contributed by atoms with Gasteiger partial charge in [0.05, 0.1) is 11.0 Å². The maximum Gasteiger partial charge on any atom is 0.238 e. The van der Waals surface area contributed by atoms with Crippen molar-refractivity contribution in [2.24, 2.45) is 0 Å². The van der Waals surface area contributed by atoms with Gasteiger partial charge in [-0.2, -0.15) is 9.97 Å². The first-order valence-electron chi connectivity index (χ1n) is 13.8. The van der Waals surface area contributed by atoms with Crippen molar-refractivity contribution in [3.63, 3.8) is 0 Å². The summed E-state index contributed by atoms with van der Waals surface area (Å²) in [5.74, 6) is 1.85. The molecule has 8 aromatic rings. The van der Waals surface area contributed by atoms with Crippen LogP contribution in [0, 0.1) is 0 Å². The van der Waals surface area contributed by atoms with Crippen LogP contribution in [0.25, 0.3) is 72.4 Å². The average molecular weight is 604 g/mol. The topological polar surface area (TPSA) is 43.6 Å². The van der Waals surface area contributed by atoms with E-state index in [0.29, 0.717) is 17.6 Å². The van der Waals surface area contributed by atoms with Crippen LogP contribution >= 0.6 is 15.9 Å². The number of fused-ring (bicyclic) bond motifs is 4. The van der Waals surface area contributed by atoms with Crippen LogP contribution in [0.1, 0.15) is 0 Å². The van der Waals surface area contributed by atoms with Crippen LogP contribution in [0.5, 0.6) is 0 Å². The molecule has 0 fully saturated rings. The third-order valence-electron chi connectivity index (χ3n) is 7.69. The fourth-order valence-corrected chi connectivity index (χ4v) is 6.26. The summed E-state index contributed by atoms with van der Waals surface area (Å²) in [7, 11) is 0. The lowest BCUT2D eigenvalue weighted by Gasteiger charge is -2.12. The zero-order valence-electron chi connectivity index (χ0n) is 22.4. The number of para-hydroxylation sites is 2. The van der Waals surface area contributed by atoms with Gasteiger partial charge < -0.3 is 0 Å². The van der Waals surface area contributed by atoms with Crippen molar-refractivity contribution in [3.8, 4) is 39.9 Å². The number of aromatic nitrogens is 4. The van der Waals surface area contributed by atoms with Gasteiger partial charge in [0.15, 0.2) is 11.6 Å². The molecular weight excluding hydrogens is 580 g/mol. The molecule has 0 spiro atoms. The minimum Gasteiger partial charge on any atom is -0.278 e. The molecule has 8 rings (SSSR count). The third kappa shape index (κ3) is 4.18. The summed E-state index contributed by atoms with van der Waals surface area (Å²) >= 11 is 3.71. The zero-order chi connectivity index (χ0) is 28.0. The highest BCUT2D eigenvalue weighted by atomic mass is 79.9. The van der Waals surface area contributed by atoms with Crippen LogP contribution in [-0.4, -0.2) is 19.5 Å². The molecule has 4 nitrogen and oxygen atoms in total. The van der Waals surface area contributed by atoms with Crippen molar-refractivity contribution >= 4 is 48.5 Å². The lowest BCUT2D eigenvalue weighted by molar-refractivity contribution is 0.953. The van der Waals surface area contributed by atoms with Crippen LogP contribution in [0.4, 0.5) is 0 Å². The second-order valence-electron chi connectivity index (χ2n) is 10.3. The molecule has 0 aliphatic rings. The number of nitrogens with zero attached hydrogens (tertiary/aromatic N) is 4. The molecule has 0 N–H and O–H groups in total. The maximum absolute atomic E-state index is 5.12. The standard InChI is InChI=1S/C37H23BrN4/c38-28-22-26-13-4-5-16-29(26)32(23-28)25-14-10-15-27(21-25)36-39-35(24-11-2-1-3-12-24)40-37(41-36)42-33-19-8-6-17-30(33)31-18-7-9-20-34(31)42/h1-23H. The molecule has 0 aliphatic heterocycles. The van der Waals surface area contributed by atoms with Crippen molar-refractivity contribution in [1.82, 2.24) is 19.5 Å². The first-order chi connectivity index (χ1) is 20.7. The second-order valence-corrected chi connectivity index (χ2v) is 11.2. The van der Waals surface area contributed by atoms with Gasteiger partial charge in [-0.3, -0.25) is 4.57 Å². The summed E-state index contributed by atoms with van der Waals surface area (Å²) in [4.78, 5) is 15.2. The highest BCUT2D eigenvalue weighted by molar-refractivity contribution is 9.10. The Morgan fingerprint density at radius 1 is 0.452 bits per heavy atom. The monoisotopic (exact) mass is 602 g/mol. The molecule has 2 heterocycles. The minimum absolute atomic E-state index is 0.592. The minimum atomic E-state index is 0.592. The second kappa shape index (κ2) is 10.1. The van der Waals surface area contributed by atoms with Crippen molar-refractivity contribution in [2.45, 2.75) is 0 Å². The maximum atomic E-state index is 5.12. The SMILES string of the molecule is Brc1cc(-c2cccc(-c3nc(-c4ccccc4)nc(-n4c5ccccc5c5ccccc54)n3)c2)c2ccccc2c1. The number of rotatable bonds is 4. The van der Waals surface area contributed by atoms with E-state index in [0.717, 1.165) is 37.8 Å². The van der Waals surface area contributed by atoms with E-state index in [1.165, 1.54) is 21.5 Å². The summed E-state index contributed by atoms with van der Waals surface area (Å²) in [5, 5.41) is 4.72. The molecule has 0 aliphatic carbocycles. The summed E-state index contributed by atoms with van der Waals surface area (Å²) < 4.78 is 3.19. The summed E-state index contributed by atoms with van der Waals surface area (Å²) in [6, 6.07) is 48.2. The Morgan fingerprint density at radius 3 is 1.76 bits per heavy atom. The van der Waals surface area contributed by atoms with Crippen LogP contribution in [0.15, 0.2) is 144 Å². The van der Waals surface area contributed by atoms with Gasteiger partial charge in [0.25, 0.3) is 0 Å². The van der Waals surface area contributed by atoms with Gasteiger partial charge in [-0.25, -0.2) is 4.98 Å². The van der Waals surface area contributed by atoms with E-state index in [-0.39, 0.29) is 0 Å². The van der Waals surface area contributed by atoms with E-state index in [4.69, 9.17) is 15.0 Å². The fraction of sp³-hybridized carbons (Fsp3) is 0. The van der Waals surface area contributed by atoms with Crippen LogP contribution < -0.4 is 0 Å². The van der Waals surface area contributed by atoms with Gasteiger partial charge in [-0.1, -0.05) is 125 Å². The van der Waals surface area contributed by atoms with Gasteiger partial charge in [-0.15, -0.1) is 0 Å². The highest BCUT2D eigenvalue weighted by Gasteiger charge is 2.18. The predicted molar refractivity (Wildman–Crippen MR) is 176 cm³/mol. The van der Waals surface area contributed by atoms with Gasteiger partial charge in [0, 0.05) is 26.4 Å². The Balaban J connectivity index is 1.37. The average Bonchev–Trinajstić information content (AvgIpc) is 3.39. The van der Waals surface area contributed by atoms with Gasteiger partial charge in [-0.05, 0) is 52.2 Å². The van der Waals surface area contributed by atoms with Crippen LogP contribution in [-0.2, 0) is 0 Å². The molecule has 0 saturated carbocycles. The van der Waals surface area contributed by atoms with E-state index >= 15 is 0 Å². The first kappa shape index (κ1) is 24.6. The Bertz CT molecular complexity index is 2220. The molecule has 5 heteroatoms. The van der Waals surface area contributed by atoms with E-state index in [9.17, 15) is 0 Å². The Labute approximate surface area is 251 Å². The van der Waals surface area contributed by atoms with E-state index in [2.05, 4.69) is 130 Å². The molecule has 0 radical (unpaired) electrons. The molecule has 0 amide bonds. The Morgan fingerprint density at radius 2 is 1.02 bits per heavy atom. The highest BCUT2D eigenvalue weighted by Crippen LogP contribution is 2.35. The third-order valence-corrected chi connectivity index (χ3v) is 8.15. The summed E-state index contributed by atoms with van der Waals surface area (Å²) in [5.41, 5.74) is 6.25. The smallest absolute Gasteiger partial charge is 0.238 e. The van der Waals surface area contributed by atoms with Gasteiger partial charge >= 0.3 is 0 Å². The molecule has 198 valence electrons. The molecule has 0 saturated heterocycles. The van der Waals surface area contributed by atoms with Crippen molar-refractivity contribution in [3.05, 3.63) is 144 Å². The molecule has 2 aromatic heterocycles. The predicted octanol–water partition coefficient (Wildman–Crippen LogP) is 9.89. The number of halogens is 1. The van der Waals surface area contributed by atoms with Crippen molar-refractivity contribution < 1.29 is 0 Å². The normalized spacial score (nSPS) is 11.5. The molecule has 6 aromatic carbocycles. The Kier molecular flexibility index (Phi) is 5.90. The summed E-state index contributed by atoms with van der Waals surface area (Å²) in [6.45, 7) is 0. The van der Waals surface area contributed by atoms with Gasteiger partial charge in [0.1, 0.15) is 0 Å². The number of benzene rings is 6. The van der Waals surface area contributed by atoms with E-state index < -0.39 is 0 Å². The Hall–Kier alpha value is -5.13. The van der Waals surface area contributed by atoms with E-state index in [1.54, 1.807) is 0 Å². The van der Waals surface area contributed by atoms with Crippen LogP contribution in [0.3, 0.4) is 0 Å². The lowest BCUT2D eigenvalue weighted by Crippen LogP contribution is -2.06. The lowest BCUT2D eigenvalue weighted by atomic mass is 9.97. The van der Waals surface area contributed by atoms with Crippen LogP contribution in [0.2, 0.25) is 0 Å². The molecule has 0 unspecified atom stereocenters. The summed E-state index contributed by atoms with van der Waals surface area (Å²) in [6.07, 6.45) is 0. The van der Waals surface area contributed by atoms with Gasteiger partial charge in [0.2, 0.25) is 5.95 Å². The fourth-order valence-electron chi connectivity index (χ4n) is 5.79. The number of hydrogen-bond acceptors (Lipinski definition) is 3.